The second-order valence-corrected chi connectivity index (χ2v) is 7.37. The highest BCUT2D eigenvalue weighted by molar-refractivity contribution is 8.00. The molecule has 3 N–H and O–H groups in total. The lowest BCUT2D eigenvalue weighted by atomic mass is 10.1. The lowest BCUT2D eigenvalue weighted by molar-refractivity contribution is -0.0327. The summed E-state index contributed by atoms with van der Waals surface area (Å²) >= 11 is 4.48. The van der Waals surface area contributed by atoms with E-state index in [1.165, 1.54) is 12.1 Å². The zero-order valence-electron chi connectivity index (χ0n) is 10.9. The quantitative estimate of drug-likeness (QED) is 0.602. The van der Waals surface area contributed by atoms with Crippen molar-refractivity contribution in [3.05, 3.63) is 29.3 Å². The maximum atomic E-state index is 12.1. The third-order valence-electron chi connectivity index (χ3n) is 2.42. The molecule has 4 nitrogen and oxygen atoms in total. The van der Waals surface area contributed by atoms with Crippen molar-refractivity contribution < 1.29 is 21.6 Å². The van der Waals surface area contributed by atoms with Crippen LogP contribution < -0.4 is 10.5 Å². The molecule has 1 aromatic carbocycles. The summed E-state index contributed by atoms with van der Waals surface area (Å²) in [6, 6.07) is 4.42. The largest absolute Gasteiger partial charge is 0.441 e. The monoisotopic (exact) mass is 358 g/mol. The number of thiocarbonyl (C=S) groups is 1. The molecule has 0 amide bonds. The van der Waals surface area contributed by atoms with Crippen molar-refractivity contribution in [2.75, 3.05) is 12.3 Å². The van der Waals surface area contributed by atoms with E-state index in [0.717, 1.165) is 0 Å². The van der Waals surface area contributed by atoms with Crippen LogP contribution >= 0.6 is 24.0 Å². The summed E-state index contributed by atoms with van der Waals surface area (Å²) < 4.78 is 62.1. The van der Waals surface area contributed by atoms with E-state index < -0.39 is 21.3 Å². The zero-order chi connectivity index (χ0) is 16.3. The lowest BCUT2D eigenvalue weighted by Gasteiger charge is -2.11. The fraction of sp³-hybridized carbons (Fsp3) is 0.364. The molecule has 0 unspecified atom stereocenters. The van der Waals surface area contributed by atoms with E-state index in [1.54, 1.807) is 13.0 Å². The first kappa shape index (κ1) is 18.2. The lowest BCUT2D eigenvalue weighted by Crippen LogP contribution is -2.27. The smallest absolute Gasteiger partial charge is 0.389 e. The first-order valence-electron chi connectivity index (χ1n) is 5.64. The number of benzene rings is 1. The van der Waals surface area contributed by atoms with Gasteiger partial charge in [-0.3, -0.25) is 0 Å². The fourth-order valence-electron chi connectivity index (χ4n) is 1.46. The second kappa shape index (κ2) is 6.95. The Bertz CT molecular complexity index is 630. The summed E-state index contributed by atoms with van der Waals surface area (Å²) in [6.07, 6.45) is 0. The molecule has 1 rings (SSSR count). The van der Waals surface area contributed by atoms with Gasteiger partial charge in [0.15, 0.2) is 0 Å². The maximum absolute atomic E-state index is 12.1. The van der Waals surface area contributed by atoms with Gasteiger partial charge in [-0.1, -0.05) is 24.4 Å². The Morgan fingerprint density at radius 3 is 2.57 bits per heavy atom. The van der Waals surface area contributed by atoms with Crippen LogP contribution in [-0.2, 0) is 10.0 Å². The first-order valence-corrected chi connectivity index (χ1v) is 8.51. The molecular formula is C11H13F3N2O2S3. The van der Waals surface area contributed by atoms with Crippen molar-refractivity contribution >= 4 is 39.0 Å². The molecule has 0 fully saturated rings. The third-order valence-corrected chi connectivity index (χ3v) is 5.00. The van der Waals surface area contributed by atoms with Crippen molar-refractivity contribution in [2.45, 2.75) is 17.3 Å². The number of hydrogen-bond donors (Lipinski definition) is 2. The number of hydrogen-bond acceptors (Lipinski definition) is 4. The van der Waals surface area contributed by atoms with Gasteiger partial charge < -0.3 is 5.73 Å². The molecule has 1 aromatic rings. The standard InChI is InChI=1S/C11H13F3N2O2S3/c1-7-2-3-8(10(15)19)6-9(7)21(17,18)16-4-5-20-11(12,13)14/h2-3,6,16H,4-5H2,1H3,(H2,15,19). The summed E-state index contributed by atoms with van der Waals surface area (Å²) in [5.41, 5.74) is 1.88. The van der Waals surface area contributed by atoms with E-state index in [4.69, 9.17) is 18.0 Å². The van der Waals surface area contributed by atoms with Crippen LogP contribution in [0.4, 0.5) is 13.2 Å². The fourth-order valence-corrected chi connectivity index (χ4v) is 3.46. The van der Waals surface area contributed by atoms with E-state index in [2.05, 4.69) is 4.72 Å². The van der Waals surface area contributed by atoms with Gasteiger partial charge in [0.2, 0.25) is 10.0 Å². The van der Waals surface area contributed by atoms with Crippen LogP contribution in [0.1, 0.15) is 11.1 Å². The molecule has 0 aliphatic heterocycles. The van der Waals surface area contributed by atoms with Crippen molar-refractivity contribution in [1.82, 2.24) is 4.72 Å². The molecule has 0 spiro atoms. The predicted molar refractivity (Wildman–Crippen MR) is 80.8 cm³/mol. The minimum absolute atomic E-state index is 0.0408. The first-order chi connectivity index (χ1) is 9.53. The summed E-state index contributed by atoms with van der Waals surface area (Å²) in [5, 5.41) is 0. The summed E-state index contributed by atoms with van der Waals surface area (Å²) in [6.45, 7) is 1.24. The van der Waals surface area contributed by atoms with Crippen LogP contribution in [0.2, 0.25) is 0 Å². The Hall–Kier alpha value is -0.840. The van der Waals surface area contributed by atoms with Gasteiger partial charge >= 0.3 is 5.51 Å². The number of aryl methyl sites for hydroxylation is 1. The molecule has 118 valence electrons. The second-order valence-electron chi connectivity index (χ2n) is 4.04. The summed E-state index contributed by atoms with van der Waals surface area (Å²) in [4.78, 5) is -0.0103. The number of nitrogens with two attached hydrogens (primary N) is 1. The van der Waals surface area contributed by atoms with Gasteiger partial charge in [0.05, 0.1) is 4.90 Å². The summed E-state index contributed by atoms with van der Waals surface area (Å²) in [7, 11) is -3.91. The highest BCUT2D eigenvalue weighted by atomic mass is 32.2. The molecule has 0 bridgehead atoms. The highest BCUT2D eigenvalue weighted by Gasteiger charge is 2.28. The topological polar surface area (TPSA) is 72.2 Å². The summed E-state index contributed by atoms with van der Waals surface area (Å²) in [5.74, 6) is -0.406. The normalized spacial score (nSPS) is 12.4. The molecule has 0 aliphatic rings. The van der Waals surface area contributed by atoms with Crippen LogP contribution in [0.3, 0.4) is 0 Å². The Morgan fingerprint density at radius 2 is 2.05 bits per heavy atom. The third kappa shape index (κ3) is 5.81. The van der Waals surface area contributed by atoms with Crippen LogP contribution in [0.15, 0.2) is 23.1 Å². The van der Waals surface area contributed by atoms with E-state index in [0.29, 0.717) is 11.1 Å². The number of halogens is 3. The van der Waals surface area contributed by atoms with Crippen LogP contribution in [0, 0.1) is 6.92 Å². The highest BCUT2D eigenvalue weighted by Crippen LogP contribution is 2.29. The molecular weight excluding hydrogens is 345 g/mol. The van der Waals surface area contributed by atoms with E-state index in [1.807, 2.05) is 0 Å². The van der Waals surface area contributed by atoms with Crippen molar-refractivity contribution in [1.29, 1.82) is 0 Å². The average molecular weight is 358 g/mol. The Balaban J connectivity index is 2.83. The van der Waals surface area contributed by atoms with E-state index in [-0.39, 0.29) is 28.2 Å². The van der Waals surface area contributed by atoms with Crippen LogP contribution in [0.5, 0.6) is 0 Å². The molecule has 0 saturated heterocycles. The minimum Gasteiger partial charge on any atom is -0.389 e. The van der Waals surface area contributed by atoms with Crippen molar-refractivity contribution in [3.63, 3.8) is 0 Å². The van der Waals surface area contributed by atoms with Crippen LogP contribution in [-0.4, -0.2) is 31.2 Å². The van der Waals surface area contributed by atoms with Crippen molar-refractivity contribution in [2.24, 2.45) is 5.73 Å². The Kier molecular flexibility index (Phi) is 6.02. The Labute approximate surface area is 130 Å². The van der Waals surface area contributed by atoms with Gasteiger partial charge in [-0.2, -0.15) is 13.2 Å². The molecule has 0 saturated carbocycles. The van der Waals surface area contributed by atoms with Gasteiger partial charge in [-0.05, 0) is 30.3 Å². The molecule has 0 aliphatic carbocycles. The average Bonchev–Trinajstić information content (AvgIpc) is 2.33. The number of sulfonamides is 1. The minimum atomic E-state index is -4.38. The molecule has 0 aromatic heterocycles. The molecule has 10 heteroatoms. The zero-order valence-corrected chi connectivity index (χ0v) is 13.3. The number of nitrogens with one attached hydrogen (secondary N) is 1. The van der Waals surface area contributed by atoms with Gasteiger partial charge in [0, 0.05) is 17.9 Å². The van der Waals surface area contributed by atoms with E-state index >= 15 is 0 Å². The van der Waals surface area contributed by atoms with E-state index in [9.17, 15) is 21.6 Å². The van der Waals surface area contributed by atoms with Gasteiger partial charge in [-0.15, -0.1) is 0 Å². The molecule has 0 radical (unpaired) electrons. The molecule has 0 heterocycles. The number of rotatable bonds is 6. The van der Waals surface area contributed by atoms with Crippen LogP contribution in [0.25, 0.3) is 0 Å². The maximum Gasteiger partial charge on any atom is 0.441 e. The molecule has 21 heavy (non-hydrogen) atoms. The van der Waals surface area contributed by atoms with Gasteiger partial charge in [-0.25, -0.2) is 13.1 Å². The Morgan fingerprint density at radius 1 is 1.43 bits per heavy atom. The number of alkyl halides is 3. The predicted octanol–water partition coefficient (Wildman–Crippen LogP) is 2.16. The number of thioether (sulfide) groups is 1. The SMILES string of the molecule is Cc1ccc(C(N)=S)cc1S(=O)(=O)NCCSC(F)(F)F. The van der Waals surface area contributed by atoms with Gasteiger partial charge in [0.25, 0.3) is 0 Å². The van der Waals surface area contributed by atoms with Gasteiger partial charge in [0.1, 0.15) is 4.99 Å². The molecule has 0 atom stereocenters. The van der Waals surface area contributed by atoms with Crippen molar-refractivity contribution in [3.8, 4) is 0 Å².